The molecule has 4 rings (SSSR count). The second-order valence-electron chi connectivity index (χ2n) is 12.1. The van der Waals surface area contributed by atoms with Crippen LogP contribution >= 0.6 is 23.2 Å². The van der Waals surface area contributed by atoms with E-state index in [0.29, 0.717) is 66.9 Å². The lowest BCUT2D eigenvalue weighted by Crippen LogP contribution is -2.56. The zero-order valence-electron chi connectivity index (χ0n) is 25.0. The molecule has 0 bridgehead atoms. The van der Waals surface area contributed by atoms with Gasteiger partial charge in [0.05, 0.1) is 11.6 Å². The second-order valence-corrected chi connectivity index (χ2v) is 12.9. The summed E-state index contributed by atoms with van der Waals surface area (Å²) in [5, 5.41) is 0.909. The molecule has 0 aromatic heterocycles. The van der Waals surface area contributed by atoms with E-state index in [2.05, 4.69) is 0 Å². The number of likely N-dealkylation sites (tertiary alicyclic amines) is 1. The van der Waals surface area contributed by atoms with Gasteiger partial charge in [-0.3, -0.25) is 14.5 Å². The Hall–Kier alpha value is -2.53. The molecule has 2 aromatic carbocycles. The summed E-state index contributed by atoms with van der Waals surface area (Å²) in [6, 6.07) is 7.24. The lowest BCUT2D eigenvalue weighted by molar-refractivity contribution is -0.145. The van der Waals surface area contributed by atoms with Gasteiger partial charge in [0.2, 0.25) is 11.8 Å². The van der Waals surface area contributed by atoms with Crippen molar-refractivity contribution in [3.05, 3.63) is 63.1 Å². The van der Waals surface area contributed by atoms with E-state index >= 15 is 0 Å². The monoisotopic (exact) mass is 641 g/mol. The van der Waals surface area contributed by atoms with Crippen LogP contribution in [0.1, 0.15) is 49.4 Å². The number of benzene rings is 2. The van der Waals surface area contributed by atoms with Crippen molar-refractivity contribution in [1.82, 2.24) is 14.7 Å². The fourth-order valence-corrected chi connectivity index (χ4v) is 6.52. The van der Waals surface area contributed by atoms with Crippen LogP contribution in [-0.4, -0.2) is 85.4 Å². The summed E-state index contributed by atoms with van der Waals surface area (Å²) in [7, 11) is 3.70. The summed E-state index contributed by atoms with van der Waals surface area (Å²) in [4.78, 5) is 34.7. The highest BCUT2D eigenvalue weighted by Crippen LogP contribution is 2.37. The highest BCUT2D eigenvalue weighted by atomic mass is 35.5. The Labute approximate surface area is 261 Å². The van der Waals surface area contributed by atoms with Crippen LogP contribution in [0.2, 0.25) is 10.0 Å². The van der Waals surface area contributed by atoms with Gasteiger partial charge in [0.1, 0.15) is 6.04 Å². The van der Waals surface area contributed by atoms with E-state index in [4.69, 9.17) is 28.9 Å². The molecule has 7 nitrogen and oxygen atoms in total. The Morgan fingerprint density at radius 1 is 1.05 bits per heavy atom. The fourth-order valence-electron chi connectivity index (χ4n) is 6.03. The van der Waals surface area contributed by atoms with Gasteiger partial charge in [-0.2, -0.15) is 13.2 Å². The number of nitrogens with two attached hydrogens (primary N) is 1. The van der Waals surface area contributed by atoms with Gasteiger partial charge in [-0.05, 0) is 74.3 Å². The van der Waals surface area contributed by atoms with Crippen LogP contribution in [0.25, 0.3) is 0 Å². The van der Waals surface area contributed by atoms with E-state index in [-0.39, 0.29) is 30.2 Å². The highest BCUT2D eigenvalue weighted by molar-refractivity contribution is 6.35. The minimum absolute atomic E-state index is 0.0967. The van der Waals surface area contributed by atoms with Crippen molar-refractivity contribution in [3.63, 3.8) is 0 Å². The van der Waals surface area contributed by atoms with E-state index in [1.807, 2.05) is 37.7 Å². The van der Waals surface area contributed by atoms with Gasteiger partial charge < -0.3 is 20.4 Å². The molecule has 12 heteroatoms. The molecule has 0 radical (unpaired) electrons. The SMILES string of the molecule is CC(C)CC(N)c1cc(C(F)(F)F)ccc1N1CCN(C(=O)C(Cc2ccc(Cl)cc2Cl)N2CCC(N(C)C)C2=O)CC1. The topological polar surface area (TPSA) is 73.1 Å². The average Bonchev–Trinajstić information content (AvgIpc) is 3.32. The Morgan fingerprint density at radius 3 is 2.28 bits per heavy atom. The molecule has 2 aliphatic heterocycles. The van der Waals surface area contributed by atoms with Gasteiger partial charge in [0.15, 0.2) is 0 Å². The van der Waals surface area contributed by atoms with E-state index in [0.717, 1.165) is 17.7 Å². The zero-order valence-corrected chi connectivity index (χ0v) is 26.5. The smallest absolute Gasteiger partial charge is 0.368 e. The molecule has 2 heterocycles. The Morgan fingerprint density at radius 2 is 1.72 bits per heavy atom. The maximum Gasteiger partial charge on any atom is 0.416 e. The van der Waals surface area contributed by atoms with Gasteiger partial charge in [0, 0.05) is 60.9 Å². The first-order valence-corrected chi connectivity index (χ1v) is 15.3. The first-order valence-electron chi connectivity index (χ1n) is 14.6. The predicted octanol–water partition coefficient (Wildman–Crippen LogP) is 5.48. The molecule has 3 atom stereocenters. The number of hydrogen-bond donors (Lipinski definition) is 1. The number of carbonyl (C=O) groups is 2. The number of alkyl halides is 3. The second kappa shape index (κ2) is 13.6. The number of anilines is 1. The predicted molar refractivity (Wildman–Crippen MR) is 164 cm³/mol. The quantitative estimate of drug-likeness (QED) is 0.393. The first-order chi connectivity index (χ1) is 20.2. The largest absolute Gasteiger partial charge is 0.416 e. The van der Waals surface area contributed by atoms with Crippen molar-refractivity contribution in [2.45, 2.75) is 57.4 Å². The summed E-state index contributed by atoms with van der Waals surface area (Å²) in [6.07, 6.45) is -3.07. The van der Waals surface area contributed by atoms with Crippen molar-refractivity contribution >= 4 is 40.7 Å². The molecule has 0 aliphatic carbocycles. The van der Waals surface area contributed by atoms with Gasteiger partial charge >= 0.3 is 6.18 Å². The van der Waals surface area contributed by atoms with Crippen LogP contribution in [0.5, 0.6) is 0 Å². The molecule has 43 heavy (non-hydrogen) atoms. The number of halogens is 5. The zero-order chi connectivity index (χ0) is 31.6. The Kier molecular flexibility index (Phi) is 10.6. The summed E-state index contributed by atoms with van der Waals surface area (Å²) in [6.45, 7) is 5.95. The van der Waals surface area contributed by atoms with E-state index in [9.17, 15) is 22.8 Å². The van der Waals surface area contributed by atoms with E-state index < -0.39 is 23.8 Å². The lowest BCUT2D eigenvalue weighted by Gasteiger charge is -2.40. The summed E-state index contributed by atoms with van der Waals surface area (Å²) in [5.74, 6) is -0.0680. The first kappa shape index (κ1) is 33.4. The third-order valence-electron chi connectivity index (χ3n) is 8.34. The number of rotatable bonds is 9. The number of piperazine rings is 1. The van der Waals surface area contributed by atoms with Crippen molar-refractivity contribution in [2.24, 2.45) is 11.7 Å². The molecule has 2 N–H and O–H groups in total. The molecule has 2 saturated heterocycles. The summed E-state index contributed by atoms with van der Waals surface area (Å²) in [5.41, 5.74) is 7.52. The number of likely N-dealkylation sites (N-methyl/N-ethyl adjacent to an activating group) is 1. The summed E-state index contributed by atoms with van der Waals surface area (Å²) < 4.78 is 40.7. The number of amides is 2. The third kappa shape index (κ3) is 7.77. The molecule has 2 fully saturated rings. The standard InChI is InChI=1S/C31H40Cl2F3N5O2/c1-19(2)15-25(37)23-17-21(31(34,35)36)6-8-26(23)39-11-13-40(14-12-39)29(42)28(16-20-5-7-22(32)18-24(20)33)41-10-9-27(30(41)43)38(3)4/h5-8,17-19,25,27-28H,9-16,37H2,1-4H3. The van der Waals surface area contributed by atoms with Gasteiger partial charge in [-0.25, -0.2) is 0 Å². The number of hydrogen-bond acceptors (Lipinski definition) is 5. The molecule has 2 amide bonds. The molecule has 2 aliphatic rings. The van der Waals surface area contributed by atoms with Crippen LogP contribution in [0.4, 0.5) is 18.9 Å². The molecule has 0 spiro atoms. The fraction of sp³-hybridized carbons (Fsp3) is 0.548. The van der Waals surface area contributed by atoms with Crippen molar-refractivity contribution < 1.29 is 22.8 Å². The minimum atomic E-state index is -4.48. The molecule has 3 unspecified atom stereocenters. The lowest BCUT2D eigenvalue weighted by atomic mass is 9.94. The van der Waals surface area contributed by atoms with E-state index in [1.54, 1.807) is 28.0 Å². The highest BCUT2D eigenvalue weighted by Gasteiger charge is 2.42. The van der Waals surface area contributed by atoms with Crippen molar-refractivity contribution in [1.29, 1.82) is 0 Å². The average molecular weight is 643 g/mol. The minimum Gasteiger partial charge on any atom is -0.368 e. The van der Waals surface area contributed by atoms with Crippen LogP contribution in [-0.2, 0) is 22.2 Å². The Bertz CT molecular complexity index is 1310. The van der Waals surface area contributed by atoms with Crippen LogP contribution in [0.3, 0.4) is 0 Å². The maximum absolute atomic E-state index is 14.1. The van der Waals surface area contributed by atoms with Crippen LogP contribution < -0.4 is 10.6 Å². The third-order valence-corrected chi connectivity index (χ3v) is 8.92. The molecular weight excluding hydrogens is 602 g/mol. The van der Waals surface area contributed by atoms with Gasteiger partial charge in [-0.1, -0.05) is 43.1 Å². The molecule has 2 aromatic rings. The van der Waals surface area contributed by atoms with Gasteiger partial charge in [0.25, 0.3) is 0 Å². The molecule has 0 saturated carbocycles. The van der Waals surface area contributed by atoms with Crippen molar-refractivity contribution in [2.75, 3.05) is 51.7 Å². The number of carbonyl (C=O) groups excluding carboxylic acids is 2. The number of nitrogens with zero attached hydrogens (tertiary/aromatic N) is 4. The van der Waals surface area contributed by atoms with Crippen LogP contribution in [0.15, 0.2) is 36.4 Å². The molecule has 236 valence electrons. The van der Waals surface area contributed by atoms with Crippen molar-refractivity contribution in [3.8, 4) is 0 Å². The molecular formula is C31H40Cl2F3N5O2. The Balaban J connectivity index is 1.56. The maximum atomic E-state index is 14.1. The van der Waals surface area contributed by atoms with Crippen LogP contribution in [0, 0.1) is 5.92 Å². The normalized spacial score (nSPS) is 19.5. The van der Waals surface area contributed by atoms with E-state index in [1.165, 1.54) is 6.07 Å². The van der Waals surface area contributed by atoms with Gasteiger partial charge in [-0.15, -0.1) is 0 Å². The summed E-state index contributed by atoms with van der Waals surface area (Å²) >= 11 is 12.6.